The molecule has 1 heterocycles. The maximum Gasteiger partial charge on any atom is 0.249 e. The van der Waals surface area contributed by atoms with Crippen LogP contribution in [0.4, 0.5) is 0 Å². The molecule has 1 saturated heterocycles. The van der Waals surface area contributed by atoms with Gasteiger partial charge < -0.3 is 15.8 Å². The van der Waals surface area contributed by atoms with Gasteiger partial charge in [0, 0.05) is 13.2 Å². The molecule has 1 amide bonds. The lowest BCUT2D eigenvalue weighted by atomic mass is 9.76. The van der Waals surface area contributed by atoms with E-state index in [2.05, 4.69) is 12.2 Å². The van der Waals surface area contributed by atoms with Crippen LogP contribution >= 0.6 is 0 Å². The molecule has 3 N–H and O–H groups in total. The summed E-state index contributed by atoms with van der Waals surface area (Å²) in [6, 6.07) is 0. The second kappa shape index (κ2) is 4.10. The van der Waals surface area contributed by atoms with Crippen molar-refractivity contribution in [1.29, 1.82) is 0 Å². The quantitative estimate of drug-likeness (QED) is 0.712. The van der Waals surface area contributed by atoms with Crippen LogP contribution in [0.2, 0.25) is 0 Å². The molecule has 0 bridgehead atoms. The van der Waals surface area contributed by atoms with E-state index < -0.39 is 0 Å². The summed E-state index contributed by atoms with van der Waals surface area (Å²) in [5, 5.41) is 3.06. The molecule has 0 radical (unpaired) electrons. The number of hydrogen-bond acceptors (Lipinski definition) is 3. The molecule has 1 aliphatic carbocycles. The lowest BCUT2D eigenvalue weighted by molar-refractivity contribution is -0.134. The molecule has 4 heteroatoms. The van der Waals surface area contributed by atoms with Crippen molar-refractivity contribution in [3.63, 3.8) is 0 Å². The molecule has 4 nitrogen and oxygen atoms in total. The third-order valence-corrected chi connectivity index (χ3v) is 3.74. The minimum Gasteiger partial charge on any atom is -0.368 e. The summed E-state index contributed by atoms with van der Waals surface area (Å²) in [6.45, 7) is 3.31. The van der Waals surface area contributed by atoms with Crippen molar-refractivity contribution in [3.8, 4) is 0 Å². The summed E-state index contributed by atoms with van der Waals surface area (Å²) in [4.78, 5) is 11.9. The summed E-state index contributed by atoms with van der Waals surface area (Å²) in [5.74, 6) is 0.366. The highest BCUT2D eigenvalue weighted by molar-refractivity contribution is 5.82. The van der Waals surface area contributed by atoms with Gasteiger partial charge in [-0.1, -0.05) is 6.92 Å². The number of rotatable bonds is 3. The van der Waals surface area contributed by atoms with E-state index in [1.165, 1.54) is 6.42 Å². The van der Waals surface area contributed by atoms with E-state index in [4.69, 9.17) is 10.5 Å². The highest BCUT2D eigenvalue weighted by atomic mass is 16.5. The number of carbonyl (C=O) groups is 1. The monoisotopic (exact) mass is 212 g/mol. The first-order valence-electron chi connectivity index (χ1n) is 5.81. The highest BCUT2D eigenvalue weighted by Gasteiger charge is 2.40. The summed E-state index contributed by atoms with van der Waals surface area (Å²) in [6.07, 6.45) is 3.91. The fourth-order valence-corrected chi connectivity index (χ4v) is 2.35. The van der Waals surface area contributed by atoms with Crippen molar-refractivity contribution < 1.29 is 9.53 Å². The van der Waals surface area contributed by atoms with Gasteiger partial charge >= 0.3 is 0 Å². The zero-order valence-electron chi connectivity index (χ0n) is 9.29. The van der Waals surface area contributed by atoms with Crippen molar-refractivity contribution in [1.82, 2.24) is 5.32 Å². The van der Waals surface area contributed by atoms with Crippen LogP contribution in [-0.2, 0) is 9.53 Å². The Bertz CT molecular complexity index is 245. The Labute approximate surface area is 90.5 Å². The zero-order chi connectivity index (χ0) is 10.9. The van der Waals surface area contributed by atoms with E-state index in [0.29, 0.717) is 19.1 Å². The SMILES string of the molecule is CC1CCOC1C(=O)NC1(CN)CCC1. The van der Waals surface area contributed by atoms with Crippen molar-refractivity contribution >= 4 is 5.91 Å². The Hall–Kier alpha value is -0.610. The Balaban J connectivity index is 1.91. The van der Waals surface area contributed by atoms with Gasteiger partial charge in [0.15, 0.2) is 0 Å². The normalized spacial score (nSPS) is 33.5. The van der Waals surface area contributed by atoms with Gasteiger partial charge in [-0.2, -0.15) is 0 Å². The molecule has 1 saturated carbocycles. The van der Waals surface area contributed by atoms with E-state index in [1.807, 2.05) is 0 Å². The number of amides is 1. The summed E-state index contributed by atoms with van der Waals surface area (Å²) >= 11 is 0. The van der Waals surface area contributed by atoms with Gasteiger partial charge in [-0.15, -0.1) is 0 Å². The van der Waals surface area contributed by atoms with Gasteiger partial charge in [-0.3, -0.25) is 4.79 Å². The van der Waals surface area contributed by atoms with E-state index in [0.717, 1.165) is 19.3 Å². The molecule has 2 atom stereocenters. The van der Waals surface area contributed by atoms with Crippen molar-refractivity contribution in [2.75, 3.05) is 13.2 Å². The van der Waals surface area contributed by atoms with E-state index in [9.17, 15) is 4.79 Å². The lowest BCUT2D eigenvalue weighted by Crippen LogP contribution is -2.60. The van der Waals surface area contributed by atoms with Crippen LogP contribution in [0.25, 0.3) is 0 Å². The average molecular weight is 212 g/mol. The Morgan fingerprint density at radius 3 is 2.73 bits per heavy atom. The molecule has 15 heavy (non-hydrogen) atoms. The van der Waals surface area contributed by atoms with Crippen LogP contribution in [-0.4, -0.2) is 30.7 Å². The standard InChI is InChI=1S/C11H20N2O2/c1-8-3-6-15-9(8)10(14)13-11(7-12)4-2-5-11/h8-9H,2-7,12H2,1H3,(H,13,14). The molecular formula is C11H20N2O2. The predicted molar refractivity (Wildman–Crippen MR) is 57.3 cm³/mol. The fourth-order valence-electron chi connectivity index (χ4n) is 2.35. The fraction of sp³-hybridized carbons (Fsp3) is 0.909. The Morgan fingerprint density at radius 1 is 1.60 bits per heavy atom. The molecule has 0 spiro atoms. The molecule has 2 fully saturated rings. The van der Waals surface area contributed by atoms with Crippen LogP contribution < -0.4 is 11.1 Å². The summed E-state index contributed by atoms with van der Waals surface area (Å²) < 4.78 is 5.43. The first-order chi connectivity index (χ1) is 7.17. The van der Waals surface area contributed by atoms with Gasteiger partial charge in [0.05, 0.1) is 5.54 Å². The Morgan fingerprint density at radius 2 is 2.33 bits per heavy atom. The predicted octanol–water partition coefficient (Wildman–Crippen LogP) is 0.409. The number of nitrogens with two attached hydrogens (primary N) is 1. The van der Waals surface area contributed by atoms with Gasteiger partial charge in [0.1, 0.15) is 6.10 Å². The van der Waals surface area contributed by atoms with Crippen LogP contribution in [0.1, 0.15) is 32.6 Å². The van der Waals surface area contributed by atoms with E-state index in [1.54, 1.807) is 0 Å². The molecule has 0 aromatic rings. The number of carbonyl (C=O) groups excluding carboxylic acids is 1. The van der Waals surface area contributed by atoms with Crippen molar-refractivity contribution in [2.45, 2.75) is 44.2 Å². The second-order valence-electron chi connectivity index (χ2n) is 4.88. The lowest BCUT2D eigenvalue weighted by Gasteiger charge is -2.42. The van der Waals surface area contributed by atoms with Gasteiger partial charge in [-0.25, -0.2) is 0 Å². The van der Waals surface area contributed by atoms with Crippen LogP contribution in [0, 0.1) is 5.92 Å². The zero-order valence-corrected chi connectivity index (χ0v) is 9.29. The minimum atomic E-state index is -0.256. The van der Waals surface area contributed by atoms with Gasteiger partial charge in [0.2, 0.25) is 5.91 Å². The second-order valence-corrected chi connectivity index (χ2v) is 4.88. The number of nitrogens with one attached hydrogen (secondary N) is 1. The summed E-state index contributed by atoms with van der Waals surface area (Å²) in [7, 11) is 0. The average Bonchev–Trinajstić information content (AvgIpc) is 2.58. The molecule has 0 aromatic heterocycles. The first kappa shape index (κ1) is 10.9. The maximum atomic E-state index is 11.9. The smallest absolute Gasteiger partial charge is 0.249 e. The van der Waals surface area contributed by atoms with Crippen molar-refractivity contribution in [3.05, 3.63) is 0 Å². The minimum absolute atomic E-state index is 0.0325. The highest BCUT2D eigenvalue weighted by Crippen LogP contribution is 2.31. The molecular weight excluding hydrogens is 192 g/mol. The van der Waals surface area contributed by atoms with Crippen LogP contribution in [0.3, 0.4) is 0 Å². The van der Waals surface area contributed by atoms with Gasteiger partial charge in [-0.05, 0) is 31.6 Å². The molecule has 2 rings (SSSR count). The van der Waals surface area contributed by atoms with E-state index >= 15 is 0 Å². The molecule has 86 valence electrons. The summed E-state index contributed by atoms with van der Waals surface area (Å²) in [5.41, 5.74) is 5.57. The topological polar surface area (TPSA) is 64.3 Å². The van der Waals surface area contributed by atoms with E-state index in [-0.39, 0.29) is 17.6 Å². The Kier molecular flexibility index (Phi) is 2.98. The van der Waals surface area contributed by atoms with Crippen LogP contribution in [0.5, 0.6) is 0 Å². The largest absolute Gasteiger partial charge is 0.368 e. The first-order valence-corrected chi connectivity index (χ1v) is 5.81. The molecule has 1 aliphatic heterocycles. The molecule has 0 aromatic carbocycles. The van der Waals surface area contributed by atoms with Gasteiger partial charge in [0.25, 0.3) is 0 Å². The third-order valence-electron chi connectivity index (χ3n) is 3.74. The number of ether oxygens (including phenoxy) is 1. The number of hydrogen-bond donors (Lipinski definition) is 2. The molecule has 2 unspecified atom stereocenters. The third kappa shape index (κ3) is 2.01. The molecule has 2 aliphatic rings. The van der Waals surface area contributed by atoms with Crippen molar-refractivity contribution in [2.24, 2.45) is 11.7 Å². The maximum absolute atomic E-state index is 11.9. The van der Waals surface area contributed by atoms with Crippen LogP contribution in [0.15, 0.2) is 0 Å².